The van der Waals surface area contributed by atoms with Crippen LogP contribution in [-0.4, -0.2) is 44.9 Å². The monoisotopic (exact) mass is 455 g/mol. The van der Waals surface area contributed by atoms with Gasteiger partial charge in [0.15, 0.2) is 5.89 Å². The van der Waals surface area contributed by atoms with E-state index in [1.165, 1.54) is 6.26 Å². The molecule has 1 atom stereocenters. The first kappa shape index (κ1) is 19.6. The van der Waals surface area contributed by atoms with Crippen molar-refractivity contribution >= 4 is 27.7 Å². The number of carbonyl (C=O) groups is 1. The van der Waals surface area contributed by atoms with Gasteiger partial charge in [-0.1, -0.05) is 6.07 Å². The van der Waals surface area contributed by atoms with Gasteiger partial charge in [-0.25, -0.2) is 9.97 Å². The summed E-state index contributed by atoms with van der Waals surface area (Å²) < 4.78 is 6.30. The van der Waals surface area contributed by atoms with Crippen molar-refractivity contribution in [2.24, 2.45) is 0 Å². The van der Waals surface area contributed by atoms with E-state index in [2.05, 4.69) is 36.2 Å². The van der Waals surface area contributed by atoms with Crippen molar-refractivity contribution in [3.8, 4) is 0 Å². The van der Waals surface area contributed by atoms with Gasteiger partial charge in [0.1, 0.15) is 17.8 Å². The highest BCUT2D eigenvalue weighted by molar-refractivity contribution is 9.10. The Hall–Kier alpha value is -2.74. The van der Waals surface area contributed by atoms with Crippen LogP contribution < -0.4 is 5.32 Å². The molecule has 4 heterocycles. The number of pyridine rings is 2. The van der Waals surface area contributed by atoms with Gasteiger partial charge < -0.3 is 14.6 Å². The molecule has 150 valence electrons. The van der Waals surface area contributed by atoms with E-state index in [1.807, 2.05) is 30.0 Å². The largest absolute Gasteiger partial charge is 0.449 e. The quantitative estimate of drug-likeness (QED) is 0.628. The van der Waals surface area contributed by atoms with Gasteiger partial charge >= 0.3 is 0 Å². The topological polar surface area (TPSA) is 84.2 Å². The van der Waals surface area contributed by atoms with Crippen molar-refractivity contribution in [1.29, 1.82) is 0 Å². The summed E-state index contributed by atoms with van der Waals surface area (Å²) in [6.07, 6.45) is 9.01. The molecule has 0 saturated carbocycles. The first-order valence-corrected chi connectivity index (χ1v) is 10.4. The molecule has 0 bridgehead atoms. The Labute approximate surface area is 177 Å². The molecule has 0 unspecified atom stereocenters. The summed E-state index contributed by atoms with van der Waals surface area (Å²) >= 11 is 3.40. The second-order valence-corrected chi connectivity index (χ2v) is 8.14. The number of rotatable bonds is 5. The number of halogens is 1. The molecule has 0 aliphatic carbocycles. The van der Waals surface area contributed by atoms with Crippen LogP contribution in [0, 0.1) is 6.92 Å². The lowest BCUT2D eigenvalue weighted by molar-refractivity contribution is 0.0707. The molecular formula is C21H22BrN5O2. The number of nitrogens with zero attached hydrogens (tertiary/aromatic N) is 4. The van der Waals surface area contributed by atoms with Crippen LogP contribution in [0.3, 0.4) is 0 Å². The summed E-state index contributed by atoms with van der Waals surface area (Å²) in [5.74, 6) is 1.33. The van der Waals surface area contributed by atoms with E-state index in [4.69, 9.17) is 4.42 Å². The second-order valence-electron chi connectivity index (χ2n) is 7.22. The van der Waals surface area contributed by atoms with Gasteiger partial charge in [-0.15, -0.1) is 0 Å². The van der Waals surface area contributed by atoms with Gasteiger partial charge in [0, 0.05) is 36.0 Å². The molecule has 0 spiro atoms. The van der Waals surface area contributed by atoms with E-state index < -0.39 is 0 Å². The van der Waals surface area contributed by atoms with Crippen LogP contribution in [0.1, 0.15) is 40.3 Å². The van der Waals surface area contributed by atoms with E-state index in [0.717, 1.165) is 40.8 Å². The number of carbonyl (C=O) groups excluding carboxylic acids is 1. The van der Waals surface area contributed by atoms with Gasteiger partial charge in [-0.05, 0) is 59.0 Å². The summed E-state index contributed by atoms with van der Waals surface area (Å²) in [5, 5.41) is 3.43. The first-order chi connectivity index (χ1) is 14.1. The fraction of sp³-hybridized carbons (Fsp3) is 0.333. The lowest BCUT2D eigenvalue weighted by Crippen LogP contribution is -2.45. The van der Waals surface area contributed by atoms with Crippen molar-refractivity contribution in [2.75, 3.05) is 18.4 Å². The first-order valence-electron chi connectivity index (χ1n) is 9.60. The number of hydrogen-bond acceptors (Lipinski definition) is 6. The zero-order valence-corrected chi connectivity index (χ0v) is 17.7. The fourth-order valence-electron chi connectivity index (χ4n) is 3.56. The van der Waals surface area contributed by atoms with Crippen molar-refractivity contribution in [1.82, 2.24) is 19.9 Å². The smallest absolute Gasteiger partial charge is 0.272 e. The van der Waals surface area contributed by atoms with Crippen LogP contribution in [0.15, 0.2) is 51.9 Å². The van der Waals surface area contributed by atoms with Crippen LogP contribution in [-0.2, 0) is 6.42 Å². The van der Waals surface area contributed by atoms with Crippen molar-refractivity contribution in [2.45, 2.75) is 32.2 Å². The number of oxazole rings is 1. The number of piperidine rings is 1. The number of aromatic nitrogens is 3. The van der Waals surface area contributed by atoms with Crippen LogP contribution in [0.2, 0.25) is 0 Å². The van der Waals surface area contributed by atoms with Crippen molar-refractivity contribution < 1.29 is 9.21 Å². The molecular weight excluding hydrogens is 434 g/mol. The molecule has 0 radical (unpaired) electrons. The average Bonchev–Trinajstić information content (AvgIpc) is 3.23. The maximum atomic E-state index is 13.3. The highest BCUT2D eigenvalue weighted by atomic mass is 79.9. The SMILES string of the molecule is Cc1cnc(C(=O)N2CCC[C@@H](Nc3ccc(Br)cn3)C2)c(Cc2ncco2)c1. The van der Waals surface area contributed by atoms with Crippen LogP contribution in [0.4, 0.5) is 5.82 Å². The van der Waals surface area contributed by atoms with Gasteiger partial charge in [0.25, 0.3) is 5.91 Å². The molecule has 1 N–H and O–H groups in total. The molecule has 1 fully saturated rings. The number of hydrogen-bond donors (Lipinski definition) is 1. The molecule has 1 amide bonds. The Morgan fingerprint density at radius 1 is 1.31 bits per heavy atom. The molecule has 3 aromatic heterocycles. The summed E-state index contributed by atoms with van der Waals surface area (Å²) in [5.41, 5.74) is 2.31. The molecule has 4 rings (SSSR count). The summed E-state index contributed by atoms with van der Waals surface area (Å²) in [6, 6.07) is 6.02. The van der Waals surface area contributed by atoms with Gasteiger partial charge in [-0.3, -0.25) is 9.78 Å². The highest BCUT2D eigenvalue weighted by Crippen LogP contribution is 2.20. The van der Waals surface area contributed by atoms with Crippen LogP contribution in [0.25, 0.3) is 0 Å². The number of anilines is 1. The third-order valence-corrected chi connectivity index (χ3v) is 5.39. The van der Waals surface area contributed by atoms with Crippen molar-refractivity contribution in [3.05, 3.63) is 70.2 Å². The number of likely N-dealkylation sites (tertiary alicyclic amines) is 1. The van der Waals surface area contributed by atoms with E-state index >= 15 is 0 Å². The predicted octanol–water partition coefficient (Wildman–Crippen LogP) is 3.84. The normalized spacial score (nSPS) is 16.6. The molecule has 0 aromatic carbocycles. The molecule has 1 aliphatic rings. The van der Waals surface area contributed by atoms with E-state index in [9.17, 15) is 4.79 Å². The molecule has 3 aromatic rings. The average molecular weight is 456 g/mol. The fourth-order valence-corrected chi connectivity index (χ4v) is 3.79. The van der Waals surface area contributed by atoms with Gasteiger partial charge in [0.05, 0.1) is 12.6 Å². The zero-order chi connectivity index (χ0) is 20.2. The minimum absolute atomic E-state index is 0.0539. The third-order valence-electron chi connectivity index (χ3n) is 4.92. The summed E-state index contributed by atoms with van der Waals surface area (Å²) in [6.45, 7) is 3.30. The number of nitrogens with one attached hydrogen (secondary N) is 1. The minimum atomic E-state index is -0.0539. The van der Waals surface area contributed by atoms with E-state index in [-0.39, 0.29) is 11.9 Å². The zero-order valence-electron chi connectivity index (χ0n) is 16.1. The third kappa shape index (κ3) is 4.82. The molecule has 1 saturated heterocycles. The predicted molar refractivity (Wildman–Crippen MR) is 113 cm³/mol. The van der Waals surface area contributed by atoms with E-state index in [0.29, 0.717) is 24.6 Å². The molecule has 1 aliphatic heterocycles. The summed E-state index contributed by atoms with van der Waals surface area (Å²) in [4.78, 5) is 28.1. The lowest BCUT2D eigenvalue weighted by atomic mass is 10.0. The minimum Gasteiger partial charge on any atom is -0.449 e. The van der Waals surface area contributed by atoms with Crippen LogP contribution in [0.5, 0.6) is 0 Å². The summed E-state index contributed by atoms with van der Waals surface area (Å²) in [7, 11) is 0. The number of amides is 1. The van der Waals surface area contributed by atoms with Gasteiger partial charge in [0.2, 0.25) is 0 Å². The maximum Gasteiger partial charge on any atom is 0.272 e. The van der Waals surface area contributed by atoms with Crippen LogP contribution >= 0.6 is 15.9 Å². The lowest BCUT2D eigenvalue weighted by Gasteiger charge is -2.33. The maximum absolute atomic E-state index is 13.3. The van der Waals surface area contributed by atoms with Gasteiger partial charge in [-0.2, -0.15) is 0 Å². The van der Waals surface area contributed by atoms with Crippen molar-refractivity contribution in [3.63, 3.8) is 0 Å². The Balaban J connectivity index is 1.49. The van der Waals surface area contributed by atoms with E-state index in [1.54, 1.807) is 18.6 Å². The molecule has 8 heteroatoms. The Kier molecular flexibility index (Phi) is 5.89. The standard InChI is InChI=1S/C21H22BrN5O2/c1-14-9-15(10-19-23-6-8-29-19)20(25-11-14)21(28)27-7-2-3-17(13-27)26-18-5-4-16(22)12-24-18/h4-6,8-9,11-12,17H,2-3,7,10,13H2,1H3,(H,24,26)/t17-/m1/s1. The Bertz CT molecular complexity index is 975. The second kappa shape index (κ2) is 8.73. The highest BCUT2D eigenvalue weighted by Gasteiger charge is 2.27. The Morgan fingerprint density at radius 3 is 2.97 bits per heavy atom. The Morgan fingerprint density at radius 2 is 2.21 bits per heavy atom. The number of aryl methyl sites for hydroxylation is 1. The molecule has 7 nitrogen and oxygen atoms in total. The molecule has 29 heavy (non-hydrogen) atoms.